The van der Waals surface area contributed by atoms with Gasteiger partial charge in [0.15, 0.2) is 11.2 Å². The van der Waals surface area contributed by atoms with Gasteiger partial charge in [0.05, 0.1) is 27.9 Å². The number of nitro groups is 2. The van der Waals surface area contributed by atoms with Gasteiger partial charge >= 0.3 is 0 Å². The summed E-state index contributed by atoms with van der Waals surface area (Å²) in [4.78, 5) is 29.3. The van der Waals surface area contributed by atoms with Crippen LogP contribution in [0.5, 0.6) is 0 Å². The smallest absolute Gasteiger partial charge is 0.276 e. The lowest BCUT2D eigenvalue weighted by Crippen LogP contribution is -1.95. The summed E-state index contributed by atoms with van der Waals surface area (Å²) in [7, 11) is 0. The molecule has 0 amide bonds. The van der Waals surface area contributed by atoms with Crippen LogP contribution in [0.1, 0.15) is 5.56 Å². The molecule has 0 aliphatic rings. The quantitative estimate of drug-likeness (QED) is 0.175. The molecule has 0 aliphatic heterocycles. The second-order valence-corrected chi connectivity index (χ2v) is 8.18. The predicted octanol–water partition coefficient (Wildman–Crippen LogP) is 6.87. The monoisotopic (exact) mass is 519 g/mol. The number of nitrogens with zero attached hydrogens (tertiary/aromatic N) is 5. The first-order chi connectivity index (χ1) is 18.9. The molecular formula is C28H17N5O6. The van der Waals surface area contributed by atoms with Crippen LogP contribution >= 0.6 is 0 Å². The van der Waals surface area contributed by atoms with Gasteiger partial charge in [0.1, 0.15) is 11.0 Å². The van der Waals surface area contributed by atoms with E-state index in [2.05, 4.69) is 9.97 Å². The van der Waals surface area contributed by atoms with Gasteiger partial charge in [-0.25, -0.2) is 9.97 Å². The number of rotatable bonds is 5. The van der Waals surface area contributed by atoms with E-state index in [-0.39, 0.29) is 23.4 Å². The van der Waals surface area contributed by atoms with E-state index in [9.17, 15) is 20.2 Å². The highest BCUT2D eigenvalue weighted by Crippen LogP contribution is 2.31. The molecule has 2 heterocycles. The molecule has 0 spiro atoms. The molecule has 2 aromatic heterocycles. The first-order valence-electron chi connectivity index (χ1n) is 11.5. The van der Waals surface area contributed by atoms with Gasteiger partial charge in [-0.05, 0) is 36.4 Å². The molecule has 0 N–H and O–H groups in total. The van der Waals surface area contributed by atoms with Crippen molar-refractivity contribution in [3.63, 3.8) is 0 Å². The van der Waals surface area contributed by atoms with Crippen molar-refractivity contribution in [2.45, 2.75) is 6.42 Å². The Kier molecular flexibility index (Phi) is 6.75. The van der Waals surface area contributed by atoms with E-state index in [1.807, 2.05) is 66.7 Å². The van der Waals surface area contributed by atoms with Gasteiger partial charge < -0.3 is 8.83 Å². The highest BCUT2D eigenvalue weighted by atomic mass is 16.6. The van der Waals surface area contributed by atoms with Crippen LogP contribution in [0, 0.1) is 31.6 Å². The molecule has 4 aromatic carbocycles. The Bertz CT molecular complexity index is 1860. The zero-order chi connectivity index (χ0) is 27.4. The Morgan fingerprint density at radius 3 is 1.92 bits per heavy atom. The summed E-state index contributed by atoms with van der Waals surface area (Å²) in [6.45, 7) is 0. The van der Waals surface area contributed by atoms with E-state index < -0.39 is 9.85 Å². The molecule has 0 aliphatic carbocycles. The van der Waals surface area contributed by atoms with Crippen LogP contribution in [0.15, 0.2) is 99.8 Å². The second-order valence-electron chi connectivity index (χ2n) is 8.18. The molecule has 11 nitrogen and oxygen atoms in total. The number of nitro benzene ring substituents is 2. The third kappa shape index (κ3) is 5.16. The van der Waals surface area contributed by atoms with Crippen LogP contribution < -0.4 is 0 Å². The average Bonchev–Trinajstić information content (AvgIpc) is 3.59. The minimum atomic E-state index is -0.511. The van der Waals surface area contributed by atoms with Crippen molar-refractivity contribution < 1.29 is 18.7 Å². The van der Waals surface area contributed by atoms with Crippen LogP contribution in [0.4, 0.5) is 11.4 Å². The molecule has 11 heteroatoms. The summed E-state index contributed by atoms with van der Waals surface area (Å²) < 4.78 is 11.2. The summed E-state index contributed by atoms with van der Waals surface area (Å²) in [5, 5.41) is 30.6. The van der Waals surface area contributed by atoms with E-state index in [1.165, 1.54) is 24.3 Å². The number of hydrogen-bond acceptors (Lipinski definition) is 9. The molecule has 6 aromatic rings. The van der Waals surface area contributed by atoms with Crippen molar-refractivity contribution in [2.75, 3.05) is 0 Å². The highest BCUT2D eigenvalue weighted by Gasteiger charge is 2.21. The Labute approximate surface area is 219 Å². The molecule has 39 heavy (non-hydrogen) atoms. The molecule has 0 bridgehead atoms. The molecule has 0 unspecified atom stereocenters. The summed E-state index contributed by atoms with van der Waals surface area (Å²) in [5.74, 6) is 0.844. The highest BCUT2D eigenvalue weighted by molar-refractivity contribution is 5.83. The molecule has 0 atom stereocenters. The van der Waals surface area contributed by atoms with E-state index >= 15 is 0 Å². The zero-order valence-corrected chi connectivity index (χ0v) is 20.1. The second kappa shape index (κ2) is 10.6. The van der Waals surface area contributed by atoms with Crippen LogP contribution in [0.25, 0.3) is 45.1 Å². The SMILES string of the molecule is N#CCc1c([N+](=O)[O-])ccc2oc(-c3ccccc3)nc12.O=[N+]([O-])c1ccc2oc(-c3ccccc3)nc2c1. The number of non-ortho nitro benzene ring substituents is 1. The molecule has 0 saturated heterocycles. The number of hydrogen-bond donors (Lipinski definition) is 0. The number of aromatic nitrogens is 2. The Balaban J connectivity index is 0.000000160. The number of fused-ring (bicyclic) bond motifs is 2. The van der Waals surface area contributed by atoms with Crippen LogP contribution in [-0.4, -0.2) is 19.8 Å². The third-order valence-electron chi connectivity index (χ3n) is 5.72. The standard InChI is InChI=1S/C15H9N3O3.C13H8N2O3/c16-9-8-11-12(18(19)20)6-7-13-14(11)17-15(21-13)10-4-2-1-3-5-10;16-15(17)10-6-7-12-11(8-10)14-13(18-12)9-4-2-1-3-5-9/h1-7H,8H2;1-8H. The zero-order valence-electron chi connectivity index (χ0n) is 20.1. The predicted molar refractivity (Wildman–Crippen MR) is 142 cm³/mol. The summed E-state index contributed by atoms with van der Waals surface area (Å²) in [6.07, 6.45) is -0.0889. The molecule has 0 radical (unpaired) electrons. The lowest BCUT2D eigenvalue weighted by molar-refractivity contribution is -0.385. The van der Waals surface area contributed by atoms with Crippen molar-refractivity contribution >= 4 is 33.6 Å². The molecule has 6 rings (SSSR count). The maximum atomic E-state index is 11.1. The van der Waals surface area contributed by atoms with Gasteiger partial charge in [-0.15, -0.1) is 0 Å². The lowest BCUT2D eigenvalue weighted by atomic mass is 10.1. The molecule has 0 saturated carbocycles. The topological polar surface area (TPSA) is 162 Å². The lowest BCUT2D eigenvalue weighted by Gasteiger charge is -1.97. The Hall–Kier alpha value is -5.89. The van der Waals surface area contributed by atoms with Gasteiger partial charge in [-0.3, -0.25) is 20.2 Å². The van der Waals surface area contributed by atoms with Crippen LogP contribution in [0.3, 0.4) is 0 Å². The molecular weight excluding hydrogens is 502 g/mol. The number of oxazole rings is 2. The van der Waals surface area contributed by atoms with Crippen LogP contribution in [0.2, 0.25) is 0 Å². The normalized spacial score (nSPS) is 10.5. The van der Waals surface area contributed by atoms with Gasteiger partial charge in [0.25, 0.3) is 11.4 Å². The van der Waals surface area contributed by atoms with Crippen molar-refractivity contribution in [1.82, 2.24) is 9.97 Å². The van der Waals surface area contributed by atoms with E-state index in [1.54, 1.807) is 6.07 Å². The van der Waals surface area contributed by atoms with E-state index in [4.69, 9.17) is 14.1 Å². The Morgan fingerprint density at radius 1 is 0.744 bits per heavy atom. The minimum Gasteiger partial charge on any atom is -0.436 e. The van der Waals surface area contributed by atoms with Crippen LogP contribution in [-0.2, 0) is 6.42 Å². The summed E-state index contributed by atoms with van der Waals surface area (Å²) in [5.41, 5.74) is 3.63. The van der Waals surface area contributed by atoms with E-state index in [0.717, 1.165) is 11.1 Å². The molecule has 0 fully saturated rings. The third-order valence-corrected chi connectivity index (χ3v) is 5.72. The average molecular weight is 519 g/mol. The maximum absolute atomic E-state index is 11.1. The fraction of sp³-hybridized carbons (Fsp3) is 0.0357. The van der Waals surface area contributed by atoms with Crippen molar-refractivity contribution in [2.24, 2.45) is 0 Å². The van der Waals surface area contributed by atoms with E-state index in [0.29, 0.717) is 34.0 Å². The van der Waals surface area contributed by atoms with Crippen molar-refractivity contribution in [3.8, 4) is 29.0 Å². The van der Waals surface area contributed by atoms with Gasteiger partial charge in [-0.2, -0.15) is 5.26 Å². The van der Waals surface area contributed by atoms with Gasteiger partial charge in [0.2, 0.25) is 11.8 Å². The number of benzene rings is 4. The molecule has 190 valence electrons. The van der Waals surface area contributed by atoms with Crippen molar-refractivity contribution in [1.29, 1.82) is 5.26 Å². The van der Waals surface area contributed by atoms with Crippen molar-refractivity contribution in [3.05, 3.63) is 117 Å². The fourth-order valence-corrected chi connectivity index (χ4v) is 3.90. The first kappa shape index (κ1) is 24.8. The summed E-state index contributed by atoms with van der Waals surface area (Å²) in [6, 6.07) is 27.8. The Morgan fingerprint density at radius 2 is 1.33 bits per heavy atom. The maximum Gasteiger partial charge on any atom is 0.276 e. The fourth-order valence-electron chi connectivity index (χ4n) is 3.90. The minimum absolute atomic E-state index is 0.00964. The number of nitriles is 1. The largest absolute Gasteiger partial charge is 0.436 e. The summed E-state index contributed by atoms with van der Waals surface area (Å²) >= 11 is 0. The van der Waals surface area contributed by atoms with Gasteiger partial charge in [0, 0.05) is 29.3 Å². The first-order valence-corrected chi connectivity index (χ1v) is 11.5. The van der Waals surface area contributed by atoms with Gasteiger partial charge in [-0.1, -0.05) is 36.4 Å².